The quantitative estimate of drug-likeness (QED) is 0.0911. The standard InChI is InChI=1S/C35H39F4N5O5S/c1-4-7-8-17-44(34(46)35(37,38)39)25-10-14-30(50(47,48)6-3)23(19-25)21-42-33(45)31(28-20-26(49-5-2)11-13-29(28)36)43-24-9-12-27-22(18-24)15-16-41-32(27)40/h9-16,18-20,31,43H,4-8,17,21H2,1-3H3,(H2,40,41)(H,42,45). The zero-order chi connectivity index (χ0) is 36.6. The van der Waals surface area contributed by atoms with Crippen molar-refractivity contribution in [1.29, 1.82) is 0 Å². The van der Waals surface area contributed by atoms with Gasteiger partial charge in [-0.05, 0) is 85.0 Å². The molecule has 15 heteroatoms. The lowest BCUT2D eigenvalue weighted by molar-refractivity contribution is -0.170. The van der Waals surface area contributed by atoms with Crippen molar-refractivity contribution < 1.29 is 40.3 Å². The van der Waals surface area contributed by atoms with Crippen molar-refractivity contribution in [2.75, 3.05) is 34.9 Å². The summed E-state index contributed by atoms with van der Waals surface area (Å²) in [5.41, 5.74) is 6.07. The van der Waals surface area contributed by atoms with Crippen LogP contribution in [-0.4, -0.2) is 50.3 Å². The molecule has 1 heterocycles. The molecule has 10 nitrogen and oxygen atoms in total. The molecular weight excluding hydrogens is 678 g/mol. The number of sulfone groups is 1. The molecule has 0 fully saturated rings. The van der Waals surface area contributed by atoms with Crippen molar-refractivity contribution in [3.8, 4) is 5.75 Å². The van der Waals surface area contributed by atoms with Gasteiger partial charge in [-0.2, -0.15) is 13.2 Å². The molecule has 1 unspecified atom stereocenters. The molecule has 0 radical (unpaired) electrons. The molecule has 0 aliphatic heterocycles. The first-order valence-electron chi connectivity index (χ1n) is 16.0. The fourth-order valence-electron chi connectivity index (χ4n) is 5.38. The van der Waals surface area contributed by atoms with Crippen molar-refractivity contribution in [2.45, 2.75) is 63.7 Å². The largest absolute Gasteiger partial charge is 0.494 e. The molecule has 0 aliphatic rings. The summed E-state index contributed by atoms with van der Waals surface area (Å²) < 4.78 is 87.9. The summed E-state index contributed by atoms with van der Waals surface area (Å²) in [6, 6.07) is 12.7. The van der Waals surface area contributed by atoms with Crippen LogP contribution in [0.1, 0.15) is 57.2 Å². The Hall–Kier alpha value is -4.92. The topological polar surface area (TPSA) is 144 Å². The Labute approximate surface area is 287 Å². The molecule has 4 rings (SSSR count). The van der Waals surface area contributed by atoms with Gasteiger partial charge in [-0.15, -0.1) is 0 Å². The van der Waals surface area contributed by atoms with Crippen LogP contribution in [0.4, 0.5) is 34.8 Å². The van der Waals surface area contributed by atoms with Crippen molar-refractivity contribution in [2.24, 2.45) is 0 Å². The van der Waals surface area contributed by atoms with Gasteiger partial charge in [0, 0.05) is 41.6 Å². The van der Waals surface area contributed by atoms with E-state index in [-0.39, 0.29) is 47.0 Å². The second kappa shape index (κ2) is 16.2. The second-order valence-corrected chi connectivity index (χ2v) is 13.6. The van der Waals surface area contributed by atoms with Gasteiger partial charge in [0.05, 0.1) is 17.3 Å². The van der Waals surface area contributed by atoms with Gasteiger partial charge in [-0.3, -0.25) is 9.59 Å². The number of hydrogen-bond donors (Lipinski definition) is 3. The van der Waals surface area contributed by atoms with E-state index < -0.39 is 46.2 Å². The van der Waals surface area contributed by atoms with Gasteiger partial charge >= 0.3 is 12.1 Å². The first-order valence-corrected chi connectivity index (χ1v) is 17.7. The van der Waals surface area contributed by atoms with E-state index in [1.807, 2.05) is 6.92 Å². The van der Waals surface area contributed by atoms with E-state index >= 15 is 4.39 Å². The van der Waals surface area contributed by atoms with E-state index in [0.29, 0.717) is 45.8 Å². The Morgan fingerprint density at radius 2 is 1.76 bits per heavy atom. The number of fused-ring (bicyclic) bond motifs is 1. The molecule has 0 aliphatic carbocycles. The van der Waals surface area contributed by atoms with E-state index in [2.05, 4.69) is 15.6 Å². The number of carbonyl (C=O) groups is 2. The first-order chi connectivity index (χ1) is 23.7. The summed E-state index contributed by atoms with van der Waals surface area (Å²) in [4.78, 5) is 30.8. The van der Waals surface area contributed by atoms with Gasteiger partial charge in [-0.25, -0.2) is 17.8 Å². The van der Waals surface area contributed by atoms with Gasteiger partial charge in [0.25, 0.3) is 0 Å². The number of benzene rings is 3. The minimum atomic E-state index is -5.18. The minimum Gasteiger partial charge on any atom is -0.494 e. The number of carbonyl (C=O) groups excluding carboxylic acids is 2. The third-order valence-electron chi connectivity index (χ3n) is 7.95. The summed E-state index contributed by atoms with van der Waals surface area (Å²) in [6.45, 7) is 4.53. The maximum absolute atomic E-state index is 15.4. The Kier molecular flexibility index (Phi) is 12.3. The van der Waals surface area contributed by atoms with Crippen LogP contribution in [0.3, 0.4) is 0 Å². The highest BCUT2D eigenvalue weighted by molar-refractivity contribution is 7.91. The number of nitrogens with zero attached hydrogens (tertiary/aromatic N) is 2. The highest BCUT2D eigenvalue weighted by Crippen LogP contribution is 2.31. The number of unbranched alkanes of at least 4 members (excludes halogenated alkanes) is 2. The SMILES string of the molecule is CCCCCN(C(=O)C(F)(F)F)c1ccc(S(=O)(=O)CC)c(CNC(=O)C(Nc2ccc3c(N)nccc3c2)c2cc(OCC)ccc2F)c1. The highest BCUT2D eigenvalue weighted by Gasteiger charge is 2.43. The lowest BCUT2D eigenvalue weighted by Crippen LogP contribution is -2.42. The fourth-order valence-corrected chi connectivity index (χ4v) is 6.49. The summed E-state index contributed by atoms with van der Waals surface area (Å²) >= 11 is 0. The number of rotatable bonds is 15. The van der Waals surface area contributed by atoms with Crippen LogP contribution in [0, 0.1) is 5.82 Å². The van der Waals surface area contributed by atoms with Gasteiger partial charge in [0.2, 0.25) is 5.91 Å². The predicted octanol–water partition coefficient (Wildman–Crippen LogP) is 6.70. The molecule has 2 amide bonds. The van der Waals surface area contributed by atoms with Gasteiger partial charge in [0.1, 0.15) is 23.4 Å². The summed E-state index contributed by atoms with van der Waals surface area (Å²) in [5.74, 6) is -3.38. The van der Waals surface area contributed by atoms with Crippen molar-refractivity contribution in [3.05, 3.63) is 83.8 Å². The molecule has 0 bridgehead atoms. The molecule has 50 heavy (non-hydrogen) atoms. The van der Waals surface area contributed by atoms with Crippen molar-refractivity contribution >= 4 is 49.6 Å². The van der Waals surface area contributed by atoms with Crippen LogP contribution in [0.15, 0.2) is 71.8 Å². The van der Waals surface area contributed by atoms with E-state index in [0.717, 1.165) is 24.3 Å². The average Bonchev–Trinajstić information content (AvgIpc) is 3.08. The van der Waals surface area contributed by atoms with Crippen LogP contribution in [0.5, 0.6) is 5.75 Å². The fraction of sp³-hybridized carbons (Fsp3) is 0.343. The number of nitrogens with one attached hydrogen (secondary N) is 2. The van der Waals surface area contributed by atoms with Gasteiger partial charge < -0.3 is 26.0 Å². The molecule has 4 N–H and O–H groups in total. The summed E-state index contributed by atoms with van der Waals surface area (Å²) in [7, 11) is -3.94. The maximum atomic E-state index is 15.4. The number of anilines is 3. The number of alkyl halides is 3. The van der Waals surface area contributed by atoms with Crippen LogP contribution in [0.2, 0.25) is 0 Å². The van der Waals surface area contributed by atoms with Gasteiger partial charge in [-0.1, -0.05) is 26.7 Å². The number of nitrogen functional groups attached to an aromatic ring is 1. The van der Waals surface area contributed by atoms with Crippen LogP contribution >= 0.6 is 0 Å². The van der Waals surface area contributed by atoms with E-state index in [9.17, 15) is 31.2 Å². The van der Waals surface area contributed by atoms with E-state index in [1.54, 1.807) is 31.2 Å². The molecular formula is C35H39F4N5O5S. The number of halogens is 4. The lowest BCUT2D eigenvalue weighted by atomic mass is 10.0. The Morgan fingerprint density at radius 3 is 2.44 bits per heavy atom. The molecule has 4 aromatic rings. The Morgan fingerprint density at radius 1 is 1.00 bits per heavy atom. The molecule has 3 aromatic carbocycles. The van der Waals surface area contributed by atoms with E-state index in [1.165, 1.54) is 25.3 Å². The summed E-state index contributed by atoms with van der Waals surface area (Å²) in [5, 5.41) is 7.00. The predicted molar refractivity (Wildman–Crippen MR) is 184 cm³/mol. The molecule has 268 valence electrons. The number of aromatic nitrogens is 1. The molecule has 0 spiro atoms. The minimum absolute atomic E-state index is 0.0517. The smallest absolute Gasteiger partial charge is 0.471 e. The molecule has 1 aromatic heterocycles. The highest BCUT2D eigenvalue weighted by atomic mass is 32.2. The zero-order valence-corrected chi connectivity index (χ0v) is 28.6. The number of hydrogen-bond acceptors (Lipinski definition) is 8. The molecule has 0 saturated heterocycles. The number of pyridine rings is 1. The third kappa shape index (κ3) is 9.00. The van der Waals surface area contributed by atoms with Gasteiger partial charge in [0.15, 0.2) is 9.84 Å². The van der Waals surface area contributed by atoms with Crippen LogP contribution < -0.4 is 26.0 Å². The molecule has 0 saturated carbocycles. The normalized spacial score (nSPS) is 12.4. The van der Waals surface area contributed by atoms with E-state index in [4.69, 9.17) is 10.5 Å². The Bertz CT molecular complexity index is 1960. The zero-order valence-electron chi connectivity index (χ0n) is 27.8. The first kappa shape index (κ1) is 37.9. The summed E-state index contributed by atoms with van der Waals surface area (Å²) in [6.07, 6.45) is -2.15. The second-order valence-electron chi connectivity index (χ2n) is 11.4. The monoisotopic (exact) mass is 717 g/mol. The average molecular weight is 718 g/mol. The molecule has 1 atom stereocenters. The van der Waals surface area contributed by atoms with Crippen LogP contribution in [-0.2, 0) is 26.0 Å². The third-order valence-corrected chi connectivity index (χ3v) is 9.78. The number of nitrogens with two attached hydrogens (primary N) is 1. The Balaban J connectivity index is 1.74. The lowest BCUT2D eigenvalue weighted by Gasteiger charge is -2.25. The number of amides is 2. The maximum Gasteiger partial charge on any atom is 0.471 e. The van der Waals surface area contributed by atoms with Crippen molar-refractivity contribution in [1.82, 2.24) is 10.3 Å². The van der Waals surface area contributed by atoms with Crippen LogP contribution in [0.25, 0.3) is 10.8 Å². The number of ether oxygens (including phenoxy) is 1. The van der Waals surface area contributed by atoms with Crippen molar-refractivity contribution in [3.63, 3.8) is 0 Å².